The summed E-state index contributed by atoms with van der Waals surface area (Å²) in [5.41, 5.74) is 0.544. The molecule has 3 aliphatic carbocycles. The van der Waals surface area contributed by atoms with Crippen molar-refractivity contribution in [2.24, 2.45) is 17.7 Å². The molecular formula is C21H21F2N5O. The van der Waals surface area contributed by atoms with Crippen molar-refractivity contribution in [3.63, 3.8) is 0 Å². The van der Waals surface area contributed by atoms with Gasteiger partial charge in [-0.25, -0.2) is 23.7 Å². The van der Waals surface area contributed by atoms with E-state index < -0.39 is 72.5 Å². The smallest absolute Gasteiger partial charge is 0.183 e. The van der Waals surface area contributed by atoms with Gasteiger partial charge in [0.1, 0.15) is 17.2 Å². The second-order valence-electron chi connectivity index (χ2n) is 6.85. The topological polar surface area (TPSA) is 83.6 Å². The van der Waals surface area contributed by atoms with Gasteiger partial charge in [-0.15, -0.1) is 0 Å². The zero-order valence-electron chi connectivity index (χ0n) is 23.1. The Balaban J connectivity index is 1.66. The van der Waals surface area contributed by atoms with E-state index in [1.807, 2.05) is 0 Å². The molecule has 0 aromatic carbocycles. The summed E-state index contributed by atoms with van der Waals surface area (Å²) in [6, 6.07) is -0.622. The van der Waals surface area contributed by atoms with E-state index in [0.29, 0.717) is 5.65 Å². The van der Waals surface area contributed by atoms with Gasteiger partial charge in [-0.1, -0.05) is 0 Å². The summed E-state index contributed by atoms with van der Waals surface area (Å²) >= 11 is 0. The van der Waals surface area contributed by atoms with Crippen LogP contribution in [0.5, 0.6) is 0 Å². The number of aromatic amines is 1. The SMILES string of the molecule is [2H]C1C([2H])[C@]2([2H])[C@H](Nc3nc(-c4c[nH]c5ncc(F)cc45)ncc3F)[C@@H](C(C)=O)C1([2H])C([2H])([2H])C2([2H])[2H]. The molecule has 3 fully saturated rings. The standard InChI is InChI=1S/C21H21F2N5O/c1-10(29)17-11-2-4-12(5-3-11)18(17)27-21-16(23)9-26-20(28-21)15-8-25-19-14(15)6-13(22)7-24-19/h6-9,11-12,17-18H,2-5H2,1H3,(H,24,25)(H,26,27,28)/t11?,12-,17-,18-/m0/s1/i2D,3D2,4D,5D2,11D,12D/t2?,4?,11?,12-,17-,18-. The molecule has 2 bridgehead atoms. The molecular weight excluding hydrogens is 376 g/mol. The van der Waals surface area contributed by atoms with Crippen LogP contribution in [0.25, 0.3) is 22.4 Å². The molecule has 2 N–H and O–H groups in total. The molecule has 0 spiro atoms. The molecule has 29 heavy (non-hydrogen) atoms. The molecule has 0 saturated heterocycles. The van der Waals surface area contributed by atoms with Gasteiger partial charge >= 0.3 is 0 Å². The van der Waals surface area contributed by atoms with Crippen LogP contribution >= 0.6 is 0 Å². The van der Waals surface area contributed by atoms with Gasteiger partial charge < -0.3 is 10.3 Å². The van der Waals surface area contributed by atoms with Crippen LogP contribution < -0.4 is 5.32 Å². The highest BCUT2D eigenvalue weighted by atomic mass is 19.1. The lowest BCUT2D eigenvalue weighted by molar-refractivity contribution is -0.126. The van der Waals surface area contributed by atoms with E-state index in [-0.39, 0.29) is 16.8 Å². The Bertz CT molecular complexity index is 1440. The Labute approximate surface area is 177 Å². The molecule has 6 nitrogen and oxygen atoms in total. The summed E-state index contributed by atoms with van der Waals surface area (Å²) < 4.78 is 97.0. The Morgan fingerprint density at radius 2 is 2.07 bits per heavy atom. The number of H-pyrrole nitrogens is 1. The summed E-state index contributed by atoms with van der Waals surface area (Å²) in [6.07, 6.45) is -7.04. The van der Waals surface area contributed by atoms with Gasteiger partial charge in [-0.3, -0.25) is 4.79 Å². The van der Waals surface area contributed by atoms with Gasteiger partial charge in [0, 0.05) is 40.1 Å². The van der Waals surface area contributed by atoms with E-state index in [2.05, 4.69) is 25.3 Å². The number of anilines is 1. The first-order valence-electron chi connectivity index (χ1n) is 13.0. The van der Waals surface area contributed by atoms with Crippen LogP contribution in [0.1, 0.15) is 43.4 Å². The molecule has 3 aromatic rings. The normalized spacial score (nSPS) is 43.7. The van der Waals surface area contributed by atoms with Gasteiger partial charge in [-0.05, 0) is 50.3 Å². The summed E-state index contributed by atoms with van der Waals surface area (Å²) in [4.78, 5) is 27.5. The molecule has 6 rings (SSSR count). The number of hydrogen-bond acceptors (Lipinski definition) is 5. The van der Waals surface area contributed by atoms with Gasteiger partial charge in [0.15, 0.2) is 17.5 Å². The highest BCUT2D eigenvalue weighted by molar-refractivity contribution is 5.91. The number of Topliss-reactive ketones (excluding diaryl/α,β-unsaturated/α-hetero) is 1. The van der Waals surface area contributed by atoms with Crippen molar-refractivity contribution < 1.29 is 24.5 Å². The number of nitrogens with one attached hydrogen (secondary N) is 2. The highest BCUT2D eigenvalue weighted by Gasteiger charge is 2.46. The monoisotopic (exact) mass is 405 g/mol. The molecule has 6 atom stereocenters. The third-order valence-corrected chi connectivity index (χ3v) is 5.01. The van der Waals surface area contributed by atoms with Crippen LogP contribution in [0, 0.1) is 29.3 Å². The van der Waals surface area contributed by atoms with Crippen molar-refractivity contribution in [2.45, 2.75) is 38.5 Å². The third kappa shape index (κ3) is 3.07. The Kier molecular flexibility index (Phi) is 2.68. The number of rotatable bonds is 4. The minimum Gasteiger partial charge on any atom is -0.364 e. The van der Waals surface area contributed by atoms with E-state index in [1.54, 1.807) is 0 Å². The van der Waals surface area contributed by atoms with Gasteiger partial charge in [0.25, 0.3) is 0 Å². The predicted molar refractivity (Wildman–Crippen MR) is 104 cm³/mol. The van der Waals surface area contributed by atoms with Crippen LogP contribution in [0.3, 0.4) is 0 Å². The summed E-state index contributed by atoms with van der Waals surface area (Å²) in [5.74, 6) is -10.6. The molecule has 3 aliphatic rings. The van der Waals surface area contributed by atoms with Gasteiger partial charge in [0.05, 0.1) is 12.4 Å². The fourth-order valence-electron chi connectivity index (χ4n) is 3.65. The van der Waals surface area contributed by atoms with Crippen LogP contribution in [0.2, 0.25) is 0 Å². The molecule has 150 valence electrons. The molecule has 3 saturated carbocycles. The Morgan fingerprint density at radius 1 is 1.28 bits per heavy atom. The lowest BCUT2D eigenvalue weighted by atomic mass is 9.60. The lowest BCUT2D eigenvalue weighted by Crippen LogP contribution is -2.51. The van der Waals surface area contributed by atoms with E-state index >= 15 is 0 Å². The van der Waals surface area contributed by atoms with Gasteiger partial charge in [0.2, 0.25) is 0 Å². The first-order chi connectivity index (χ1) is 17.1. The van der Waals surface area contributed by atoms with Crippen molar-refractivity contribution in [1.82, 2.24) is 19.9 Å². The van der Waals surface area contributed by atoms with E-state index in [1.165, 1.54) is 6.20 Å². The summed E-state index contributed by atoms with van der Waals surface area (Å²) in [6.45, 7) is 1.02. The average Bonchev–Trinajstić information content (AvgIpc) is 3.24. The summed E-state index contributed by atoms with van der Waals surface area (Å²) in [5, 5.41) is 2.80. The molecule has 3 heterocycles. The number of carbonyl (C=O) groups is 1. The predicted octanol–water partition coefficient (Wildman–Crippen LogP) is 4.10. The molecule has 0 aliphatic heterocycles. The minimum absolute atomic E-state index is 0.110. The maximum atomic E-state index is 14.9. The maximum Gasteiger partial charge on any atom is 0.183 e. The number of carbonyl (C=O) groups excluding carboxylic acids is 1. The average molecular weight is 405 g/mol. The number of halogens is 2. The lowest BCUT2D eigenvalue weighted by Gasteiger charge is -2.48. The van der Waals surface area contributed by atoms with Crippen molar-refractivity contribution >= 4 is 22.6 Å². The Morgan fingerprint density at radius 3 is 2.90 bits per heavy atom. The summed E-state index contributed by atoms with van der Waals surface area (Å²) in [7, 11) is 0. The van der Waals surface area contributed by atoms with Crippen molar-refractivity contribution in [3.8, 4) is 11.4 Å². The third-order valence-electron chi connectivity index (χ3n) is 5.01. The first-order valence-corrected chi connectivity index (χ1v) is 8.87. The number of hydrogen-bond donors (Lipinski definition) is 2. The van der Waals surface area contributed by atoms with E-state index in [0.717, 1.165) is 25.4 Å². The van der Waals surface area contributed by atoms with Crippen LogP contribution in [-0.4, -0.2) is 31.8 Å². The molecule has 3 aromatic heterocycles. The maximum absolute atomic E-state index is 14.9. The van der Waals surface area contributed by atoms with E-state index in [9.17, 15) is 13.6 Å². The fourth-order valence-corrected chi connectivity index (χ4v) is 3.65. The highest BCUT2D eigenvalue weighted by Crippen LogP contribution is 2.46. The van der Waals surface area contributed by atoms with Crippen LogP contribution in [0.4, 0.5) is 14.6 Å². The number of ketones is 1. The second kappa shape index (κ2) is 6.86. The van der Waals surface area contributed by atoms with Crippen LogP contribution in [0.15, 0.2) is 24.7 Å². The van der Waals surface area contributed by atoms with Gasteiger partial charge in [-0.2, -0.15) is 0 Å². The minimum atomic E-state index is -3.18. The van der Waals surface area contributed by atoms with Crippen molar-refractivity contribution in [3.05, 3.63) is 36.3 Å². The number of aromatic nitrogens is 4. The molecule has 0 radical (unpaired) electrons. The number of pyridine rings is 1. The quantitative estimate of drug-likeness (QED) is 0.683. The van der Waals surface area contributed by atoms with Crippen LogP contribution in [-0.2, 0) is 4.79 Å². The number of fused-ring (bicyclic) bond motifs is 4. The zero-order valence-corrected chi connectivity index (χ0v) is 15.1. The first kappa shape index (κ1) is 11.3. The van der Waals surface area contributed by atoms with Crippen molar-refractivity contribution in [1.29, 1.82) is 0 Å². The molecule has 8 heteroatoms. The number of nitrogens with zero attached hydrogens (tertiary/aromatic N) is 3. The molecule has 0 amide bonds. The van der Waals surface area contributed by atoms with E-state index in [4.69, 9.17) is 11.0 Å². The zero-order chi connectivity index (χ0) is 27.3. The Hall–Kier alpha value is -2.90. The fraction of sp³-hybridized carbons (Fsp3) is 0.429. The molecule has 3 unspecified atom stereocenters. The van der Waals surface area contributed by atoms with Crippen molar-refractivity contribution in [2.75, 3.05) is 5.32 Å². The second-order valence-corrected chi connectivity index (χ2v) is 6.85. The largest absolute Gasteiger partial charge is 0.364 e.